The number of ether oxygens (including phenoxy) is 1. The van der Waals surface area contributed by atoms with E-state index >= 15 is 0 Å². The lowest BCUT2D eigenvalue weighted by Crippen LogP contribution is -2.40. The Morgan fingerprint density at radius 3 is 3.07 bits per heavy atom. The molecule has 1 heterocycles. The lowest BCUT2D eigenvalue weighted by molar-refractivity contribution is -0.122. The third-order valence-electron chi connectivity index (χ3n) is 2.49. The number of carbonyl (C=O) groups excluding carboxylic acids is 1. The molecular formula is C11H22N2O2. The molecule has 1 fully saturated rings. The number of carbonyl (C=O) groups is 1. The Morgan fingerprint density at radius 2 is 2.40 bits per heavy atom. The van der Waals surface area contributed by atoms with Crippen LogP contribution in [0.3, 0.4) is 0 Å². The highest BCUT2D eigenvalue weighted by Gasteiger charge is 2.20. The average Bonchev–Trinajstić information content (AvgIpc) is 2.76. The van der Waals surface area contributed by atoms with Crippen molar-refractivity contribution in [2.75, 3.05) is 26.3 Å². The second-order valence-electron chi connectivity index (χ2n) is 3.91. The molecule has 1 aliphatic heterocycles. The van der Waals surface area contributed by atoms with E-state index in [0.717, 1.165) is 52.0 Å². The zero-order valence-electron chi connectivity index (χ0n) is 9.55. The Hall–Kier alpha value is -0.610. The Morgan fingerprint density at radius 1 is 1.53 bits per heavy atom. The molecule has 0 aliphatic carbocycles. The molecule has 0 radical (unpaired) electrons. The van der Waals surface area contributed by atoms with E-state index in [9.17, 15) is 4.79 Å². The number of amides is 1. The molecule has 4 heteroatoms. The monoisotopic (exact) mass is 214 g/mol. The molecule has 4 nitrogen and oxygen atoms in total. The molecule has 0 bridgehead atoms. The van der Waals surface area contributed by atoms with E-state index < -0.39 is 0 Å². The zero-order chi connectivity index (χ0) is 10.9. The number of hydrogen-bond acceptors (Lipinski definition) is 3. The average molecular weight is 214 g/mol. The van der Waals surface area contributed by atoms with Crippen LogP contribution in [0.1, 0.15) is 32.6 Å². The normalized spacial score (nSPS) is 20.5. The molecule has 1 saturated heterocycles. The van der Waals surface area contributed by atoms with Gasteiger partial charge in [0.05, 0.1) is 6.04 Å². The topological polar surface area (TPSA) is 50.4 Å². The van der Waals surface area contributed by atoms with Gasteiger partial charge >= 0.3 is 0 Å². The maximum absolute atomic E-state index is 11.5. The van der Waals surface area contributed by atoms with Crippen LogP contribution in [0.15, 0.2) is 0 Å². The Bertz CT molecular complexity index is 179. The van der Waals surface area contributed by atoms with Crippen molar-refractivity contribution in [1.29, 1.82) is 0 Å². The third-order valence-corrected chi connectivity index (χ3v) is 2.49. The lowest BCUT2D eigenvalue weighted by Gasteiger charge is -2.10. The molecule has 0 aromatic carbocycles. The van der Waals surface area contributed by atoms with Crippen LogP contribution in [0.4, 0.5) is 0 Å². The number of rotatable bonds is 7. The first kappa shape index (κ1) is 12.5. The van der Waals surface area contributed by atoms with Gasteiger partial charge in [-0.25, -0.2) is 0 Å². The summed E-state index contributed by atoms with van der Waals surface area (Å²) in [7, 11) is 0. The van der Waals surface area contributed by atoms with Gasteiger partial charge in [0, 0.05) is 19.8 Å². The van der Waals surface area contributed by atoms with Gasteiger partial charge in [0.2, 0.25) is 5.91 Å². The molecule has 15 heavy (non-hydrogen) atoms. The van der Waals surface area contributed by atoms with E-state index in [0.29, 0.717) is 0 Å². The summed E-state index contributed by atoms with van der Waals surface area (Å²) in [6.07, 6.45) is 4.03. The standard InChI is InChI=1S/C11H22N2O2/c1-2-8-15-9-4-7-13-11(14)10-5-3-6-12-10/h10,12H,2-9H2,1H3,(H,13,14)/t10-/m1/s1. The number of nitrogens with one attached hydrogen (secondary N) is 2. The molecule has 2 N–H and O–H groups in total. The van der Waals surface area contributed by atoms with Crippen molar-refractivity contribution in [2.45, 2.75) is 38.6 Å². The van der Waals surface area contributed by atoms with Gasteiger partial charge in [-0.2, -0.15) is 0 Å². The second kappa shape index (κ2) is 7.65. The molecule has 0 aromatic heterocycles. The van der Waals surface area contributed by atoms with Gasteiger partial charge in [-0.05, 0) is 32.2 Å². The fraction of sp³-hybridized carbons (Fsp3) is 0.909. The van der Waals surface area contributed by atoms with Crippen molar-refractivity contribution in [3.8, 4) is 0 Å². The van der Waals surface area contributed by atoms with E-state index in [-0.39, 0.29) is 11.9 Å². The first-order chi connectivity index (χ1) is 7.34. The summed E-state index contributed by atoms with van der Waals surface area (Å²) < 4.78 is 5.32. The molecule has 0 spiro atoms. The quantitative estimate of drug-likeness (QED) is 0.612. The summed E-state index contributed by atoms with van der Waals surface area (Å²) in [6, 6.07) is 0.0431. The van der Waals surface area contributed by atoms with Crippen molar-refractivity contribution >= 4 is 5.91 Å². The summed E-state index contributed by atoms with van der Waals surface area (Å²) in [5.41, 5.74) is 0. The smallest absolute Gasteiger partial charge is 0.237 e. The number of hydrogen-bond donors (Lipinski definition) is 2. The molecule has 88 valence electrons. The Kier molecular flexibility index (Phi) is 6.36. The van der Waals surface area contributed by atoms with Crippen LogP contribution in [0.25, 0.3) is 0 Å². The highest BCUT2D eigenvalue weighted by Crippen LogP contribution is 2.04. The fourth-order valence-corrected chi connectivity index (χ4v) is 1.66. The van der Waals surface area contributed by atoms with Crippen molar-refractivity contribution < 1.29 is 9.53 Å². The molecule has 1 amide bonds. The fourth-order valence-electron chi connectivity index (χ4n) is 1.66. The maximum Gasteiger partial charge on any atom is 0.237 e. The van der Waals surface area contributed by atoms with Gasteiger partial charge in [0.15, 0.2) is 0 Å². The SMILES string of the molecule is CCCOCCCNC(=O)[C@H]1CCCN1. The zero-order valence-corrected chi connectivity index (χ0v) is 9.55. The summed E-state index contributed by atoms with van der Waals surface area (Å²) >= 11 is 0. The van der Waals surface area contributed by atoms with Crippen molar-refractivity contribution in [3.05, 3.63) is 0 Å². The van der Waals surface area contributed by atoms with E-state index in [4.69, 9.17) is 4.74 Å². The van der Waals surface area contributed by atoms with Crippen LogP contribution in [-0.4, -0.2) is 38.3 Å². The molecular weight excluding hydrogens is 192 g/mol. The van der Waals surface area contributed by atoms with Crippen molar-refractivity contribution in [3.63, 3.8) is 0 Å². The predicted octanol–water partition coefficient (Wildman–Crippen LogP) is 0.671. The van der Waals surface area contributed by atoms with Gasteiger partial charge in [0.25, 0.3) is 0 Å². The molecule has 1 atom stereocenters. The van der Waals surface area contributed by atoms with E-state index in [1.807, 2.05) is 0 Å². The molecule has 1 aliphatic rings. The first-order valence-electron chi connectivity index (χ1n) is 5.93. The minimum atomic E-state index is 0.0431. The minimum Gasteiger partial charge on any atom is -0.381 e. The largest absolute Gasteiger partial charge is 0.381 e. The van der Waals surface area contributed by atoms with E-state index in [1.54, 1.807) is 0 Å². The van der Waals surface area contributed by atoms with Crippen LogP contribution < -0.4 is 10.6 Å². The van der Waals surface area contributed by atoms with Crippen LogP contribution in [0.5, 0.6) is 0 Å². The Balaban J connectivity index is 1.92. The minimum absolute atomic E-state index is 0.0431. The molecule has 0 saturated carbocycles. The predicted molar refractivity (Wildman–Crippen MR) is 59.8 cm³/mol. The van der Waals surface area contributed by atoms with E-state index in [2.05, 4.69) is 17.6 Å². The van der Waals surface area contributed by atoms with Gasteiger partial charge in [-0.3, -0.25) is 4.79 Å². The summed E-state index contributed by atoms with van der Waals surface area (Å²) in [5.74, 6) is 0.142. The van der Waals surface area contributed by atoms with Crippen molar-refractivity contribution in [2.24, 2.45) is 0 Å². The van der Waals surface area contributed by atoms with Gasteiger partial charge in [-0.1, -0.05) is 6.92 Å². The molecule has 0 aromatic rings. The van der Waals surface area contributed by atoms with Gasteiger partial charge < -0.3 is 15.4 Å². The third kappa shape index (κ3) is 5.14. The maximum atomic E-state index is 11.5. The molecule has 0 unspecified atom stereocenters. The van der Waals surface area contributed by atoms with Crippen LogP contribution in [0, 0.1) is 0 Å². The van der Waals surface area contributed by atoms with Crippen LogP contribution in [0.2, 0.25) is 0 Å². The summed E-state index contributed by atoms with van der Waals surface area (Å²) in [4.78, 5) is 11.5. The lowest BCUT2D eigenvalue weighted by atomic mass is 10.2. The van der Waals surface area contributed by atoms with Crippen LogP contribution >= 0.6 is 0 Å². The summed E-state index contributed by atoms with van der Waals surface area (Å²) in [6.45, 7) is 5.34. The Labute approximate surface area is 91.8 Å². The van der Waals surface area contributed by atoms with Gasteiger partial charge in [0.1, 0.15) is 0 Å². The highest BCUT2D eigenvalue weighted by atomic mass is 16.5. The van der Waals surface area contributed by atoms with Crippen LogP contribution in [-0.2, 0) is 9.53 Å². The van der Waals surface area contributed by atoms with Crippen molar-refractivity contribution in [1.82, 2.24) is 10.6 Å². The van der Waals surface area contributed by atoms with Gasteiger partial charge in [-0.15, -0.1) is 0 Å². The molecule has 1 rings (SSSR count). The second-order valence-corrected chi connectivity index (χ2v) is 3.91. The highest BCUT2D eigenvalue weighted by molar-refractivity contribution is 5.81. The van der Waals surface area contributed by atoms with E-state index in [1.165, 1.54) is 0 Å². The first-order valence-corrected chi connectivity index (χ1v) is 5.93. The summed E-state index contributed by atoms with van der Waals surface area (Å²) in [5, 5.41) is 6.09.